The molecule has 0 fully saturated rings. The van der Waals surface area contributed by atoms with Crippen LogP contribution < -0.4 is 15.2 Å². The molecule has 0 aromatic heterocycles. The highest BCUT2D eigenvalue weighted by molar-refractivity contribution is 9.10. The number of nitrogens with two attached hydrogens (primary N) is 1. The molecule has 0 saturated heterocycles. The van der Waals surface area contributed by atoms with Crippen molar-refractivity contribution < 1.29 is 9.47 Å². The van der Waals surface area contributed by atoms with Crippen LogP contribution in [0.1, 0.15) is 5.56 Å². The first-order valence-electron chi connectivity index (χ1n) is 6.00. The summed E-state index contributed by atoms with van der Waals surface area (Å²) in [5, 5.41) is 8.75. The van der Waals surface area contributed by atoms with Crippen molar-refractivity contribution >= 4 is 21.6 Å². The second-order valence-electron chi connectivity index (χ2n) is 4.02. The van der Waals surface area contributed by atoms with Crippen LogP contribution in [0.2, 0.25) is 0 Å². The molecule has 0 heterocycles. The van der Waals surface area contributed by atoms with Crippen molar-refractivity contribution in [2.24, 2.45) is 0 Å². The smallest absolute Gasteiger partial charge is 0.142 e. The number of ether oxygens (including phenoxy) is 2. The van der Waals surface area contributed by atoms with Crippen molar-refractivity contribution in [3.8, 4) is 17.6 Å². The van der Waals surface area contributed by atoms with Gasteiger partial charge in [-0.25, -0.2) is 0 Å². The number of hydrogen-bond acceptors (Lipinski definition) is 4. The third-order valence-corrected chi connectivity index (χ3v) is 3.04. The summed E-state index contributed by atoms with van der Waals surface area (Å²) in [5.41, 5.74) is 6.75. The van der Waals surface area contributed by atoms with Gasteiger partial charge in [-0.2, -0.15) is 5.26 Å². The maximum atomic E-state index is 8.75. The van der Waals surface area contributed by atoms with Gasteiger partial charge in [0.05, 0.1) is 17.3 Å². The summed E-state index contributed by atoms with van der Waals surface area (Å²) in [7, 11) is 0. The standard InChI is InChI=1S/C15H13BrN2O2/c16-12-2-1-3-13(9-12)19-6-7-20-15-5-4-11(10-17)8-14(15)18/h1-5,8-9H,6-7,18H2. The zero-order valence-corrected chi connectivity index (χ0v) is 12.3. The summed E-state index contributed by atoms with van der Waals surface area (Å²) in [6, 6.07) is 14.6. The van der Waals surface area contributed by atoms with E-state index < -0.39 is 0 Å². The lowest BCUT2D eigenvalue weighted by molar-refractivity contribution is 0.218. The first-order chi connectivity index (χ1) is 9.69. The largest absolute Gasteiger partial charge is 0.490 e. The predicted octanol–water partition coefficient (Wildman–Crippen LogP) is 3.36. The van der Waals surface area contributed by atoms with Gasteiger partial charge in [0.15, 0.2) is 0 Å². The summed E-state index contributed by atoms with van der Waals surface area (Å²) in [6.07, 6.45) is 0. The number of nitrogen functional groups attached to an aromatic ring is 1. The van der Waals surface area contributed by atoms with E-state index >= 15 is 0 Å². The first kappa shape index (κ1) is 14.2. The molecule has 0 bridgehead atoms. The summed E-state index contributed by atoms with van der Waals surface area (Å²) in [4.78, 5) is 0. The number of nitrogens with zero attached hydrogens (tertiary/aromatic N) is 1. The molecular formula is C15H13BrN2O2. The number of halogens is 1. The summed E-state index contributed by atoms with van der Waals surface area (Å²) in [6.45, 7) is 0.790. The number of rotatable bonds is 5. The molecule has 0 saturated carbocycles. The lowest BCUT2D eigenvalue weighted by atomic mass is 10.2. The molecule has 0 aliphatic heterocycles. The average molecular weight is 333 g/mol. The van der Waals surface area contributed by atoms with Gasteiger partial charge in [-0.3, -0.25) is 0 Å². The van der Waals surface area contributed by atoms with Gasteiger partial charge in [0.1, 0.15) is 24.7 Å². The molecule has 2 rings (SSSR count). The van der Waals surface area contributed by atoms with E-state index in [2.05, 4.69) is 15.9 Å². The SMILES string of the molecule is N#Cc1ccc(OCCOc2cccc(Br)c2)c(N)c1. The molecule has 5 heteroatoms. The minimum absolute atomic E-state index is 0.378. The molecule has 102 valence electrons. The first-order valence-corrected chi connectivity index (χ1v) is 6.79. The molecule has 0 unspecified atom stereocenters. The van der Waals surface area contributed by atoms with E-state index in [1.54, 1.807) is 18.2 Å². The van der Waals surface area contributed by atoms with Crippen LogP contribution >= 0.6 is 15.9 Å². The Bertz CT molecular complexity index is 638. The molecule has 4 nitrogen and oxygen atoms in total. The van der Waals surface area contributed by atoms with E-state index in [1.165, 1.54) is 0 Å². The molecule has 0 radical (unpaired) electrons. The second kappa shape index (κ2) is 6.83. The van der Waals surface area contributed by atoms with Crippen molar-refractivity contribution in [3.63, 3.8) is 0 Å². The van der Waals surface area contributed by atoms with Gasteiger partial charge in [-0.15, -0.1) is 0 Å². The Balaban J connectivity index is 1.83. The molecule has 2 aromatic carbocycles. The zero-order valence-electron chi connectivity index (χ0n) is 10.7. The van der Waals surface area contributed by atoms with Crippen LogP contribution in [-0.4, -0.2) is 13.2 Å². The minimum atomic E-state index is 0.378. The number of benzene rings is 2. The Hall–Kier alpha value is -2.19. The number of nitriles is 1. The Labute approximate surface area is 125 Å². The van der Waals surface area contributed by atoms with E-state index in [-0.39, 0.29) is 0 Å². The highest BCUT2D eigenvalue weighted by Gasteiger charge is 2.02. The zero-order chi connectivity index (χ0) is 14.4. The minimum Gasteiger partial charge on any atom is -0.490 e. The number of hydrogen-bond donors (Lipinski definition) is 1. The van der Waals surface area contributed by atoms with Crippen LogP contribution in [0, 0.1) is 11.3 Å². The van der Waals surface area contributed by atoms with E-state index in [1.807, 2.05) is 30.3 Å². The lowest BCUT2D eigenvalue weighted by Gasteiger charge is -2.10. The van der Waals surface area contributed by atoms with Crippen LogP contribution in [0.5, 0.6) is 11.5 Å². The normalized spacial score (nSPS) is 9.80. The van der Waals surface area contributed by atoms with Crippen LogP contribution in [0.4, 0.5) is 5.69 Å². The fourth-order valence-electron chi connectivity index (χ4n) is 1.62. The van der Waals surface area contributed by atoms with Gasteiger partial charge < -0.3 is 15.2 Å². The van der Waals surface area contributed by atoms with Gasteiger partial charge >= 0.3 is 0 Å². The van der Waals surface area contributed by atoms with Crippen LogP contribution in [0.25, 0.3) is 0 Å². The Morgan fingerprint density at radius 1 is 1.10 bits per heavy atom. The van der Waals surface area contributed by atoms with Crippen LogP contribution in [0.15, 0.2) is 46.9 Å². The highest BCUT2D eigenvalue weighted by atomic mass is 79.9. The monoisotopic (exact) mass is 332 g/mol. The molecule has 0 aliphatic rings. The third kappa shape index (κ3) is 3.90. The molecule has 0 spiro atoms. The van der Waals surface area contributed by atoms with Gasteiger partial charge in [0.2, 0.25) is 0 Å². The number of anilines is 1. The van der Waals surface area contributed by atoms with Crippen LogP contribution in [-0.2, 0) is 0 Å². The van der Waals surface area contributed by atoms with E-state index in [0.717, 1.165) is 10.2 Å². The van der Waals surface area contributed by atoms with Crippen molar-refractivity contribution in [2.45, 2.75) is 0 Å². The van der Waals surface area contributed by atoms with Crippen LogP contribution in [0.3, 0.4) is 0 Å². The van der Waals surface area contributed by atoms with Gasteiger partial charge in [-0.05, 0) is 36.4 Å². The van der Waals surface area contributed by atoms with E-state index in [9.17, 15) is 0 Å². The van der Waals surface area contributed by atoms with Crippen molar-refractivity contribution in [1.82, 2.24) is 0 Å². The molecule has 2 N–H and O–H groups in total. The molecule has 20 heavy (non-hydrogen) atoms. The fraction of sp³-hybridized carbons (Fsp3) is 0.133. The van der Waals surface area contributed by atoms with Gasteiger partial charge in [0.25, 0.3) is 0 Å². The molecular weight excluding hydrogens is 320 g/mol. The molecule has 2 aromatic rings. The summed E-state index contributed by atoms with van der Waals surface area (Å²) >= 11 is 3.38. The molecule has 0 amide bonds. The Kier molecular flexibility index (Phi) is 4.85. The molecule has 0 atom stereocenters. The second-order valence-corrected chi connectivity index (χ2v) is 4.93. The Morgan fingerprint density at radius 2 is 1.90 bits per heavy atom. The predicted molar refractivity (Wildman–Crippen MR) is 80.7 cm³/mol. The van der Waals surface area contributed by atoms with Crippen molar-refractivity contribution in [3.05, 3.63) is 52.5 Å². The average Bonchev–Trinajstić information content (AvgIpc) is 2.45. The fourth-order valence-corrected chi connectivity index (χ4v) is 2.00. The maximum Gasteiger partial charge on any atom is 0.142 e. The van der Waals surface area contributed by atoms with E-state index in [0.29, 0.717) is 30.2 Å². The molecule has 0 aliphatic carbocycles. The van der Waals surface area contributed by atoms with E-state index in [4.69, 9.17) is 20.5 Å². The quantitative estimate of drug-likeness (QED) is 0.673. The maximum absolute atomic E-state index is 8.75. The van der Waals surface area contributed by atoms with Crippen molar-refractivity contribution in [1.29, 1.82) is 5.26 Å². The lowest BCUT2D eigenvalue weighted by Crippen LogP contribution is -2.10. The highest BCUT2D eigenvalue weighted by Crippen LogP contribution is 2.22. The van der Waals surface area contributed by atoms with Gasteiger partial charge in [-0.1, -0.05) is 22.0 Å². The van der Waals surface area contributed by atoms with Gasteiger partial charge in [0, 0.05) is 4.47 Å². The Morgan fingerprint density at radius 3 is 2.60 bits per heavy atom. The summed E-state index contributed by atoms with van der Waals surface area (Å²) in [5.74, 6) is 1.33. The summed E-state index contributed by atoms with van der Waals surface area (Å²) < 4.78 is 12.0. The van der Waals surface area contributed by atoms with Crippen molar-refractivity contribution in [2.75, 3.05) is 18.9 Å². The third-order valence-electron chi connectivity index (χ3n) is 2.54. The topological polar surface area (TPSA) is 68.3 Å².